The Kier molecular flexibility index (Phi) is 5.14. The smallest absolute Gasteiger partial charge is 0.323 e. The van der Waals surface area contributed by atoms with Crippen molar-refractivity contribution in [2.75, 3.05) is 13.1 Å². The van der Waals surface area contributed by atoms with Gasteiger partial charge in [0.2, 0.25) is 5.91 Å². The zero-order valence-electron chi connectivity index (χ0n) is 9.64. The van der Waals surface area contributed by atoms with E-state index in [2.05, 4.69) is 15.9 Å². The molecule has 0 aliphatic rings. The van der Waals surface area contributed by atoms with Gasteiger partial charge in [-0.1, -0.05) is 0 Å². The molecule has 0 fully saturated rings. The fourth-order valence-electron chi connectivity index (χ4n) is 1.47. The SMILES string of the molecule is CCN(CC(=O)O)C(=O)C(C)c1ccc(Br)s1. The van der Waals surface area contributed by atoms with Crippen LogP contribution in [0.15, 0.2) is 15.9 Å². The van der Waals surface area contributed by atoms with Crippen LogP contribution in [0.2, 0.25) is 0 Å². The first-order valence-electron chi connectivity index (χ1n) is 5.21. The van der Waals surface area contributed by atoms with Gasteiger partial charge in [0, 0.05) is 11.4 Å². The molecule has 6 heteroatoms. The topological polar surface area (TPSA) is 57.6 Å². The quantitative estimate of drug-likeness (QED) is 0.907. The lowest BCUT2D eigenvalue weighted by Crippen LogP contribution is -2.37. The van der Waals surface area contributed by atoms with Crippen molar-refractivity contribution in [3.63, 3.8) is 0 Å². The van der Waals surface area contributed by atoms with Gasteiger partial charge in [-0.2, -0.15) is 0 Å². The highest BCUT2D eigenvalue weighted by Gasteiger charge is 2.23. The first-order valence-corrected chi connectivity index (χ1v) is 6.82. The Hall–Kier alpha value is -0.880. The van der Waals surface area contributed by atoms with Gasteiger partial charge in [-0.3, -0.25) is 9.59 Å². The fraction of sp³-hybridized carbons (Fsp3) is 0.455. The van der Waals surface area contributed by atoms with E-state index in [9.17, 15) is 9.59 Å². The van der Waals surface area contributed by atoms with Crippen LogP contribution >= 0.6 is 27.3 Å². The zero-order chi connectivity index (χ0) is 13.0. The van der Waals surface area contributed by atoms with E-state index in [1.54, 1.807) is 13.8 Å². The Morgan fingerprint density at radius 1 is 1.53 bits per heavy atom. The van der Waals surface area contributed by atoms with Gasteiger partial charge < -0.3 is 10.0 Å². The average Bonchev–Trinajstić information content (AvgIpc) is 2.70. The molecular formula is C11H14BrNO3S. The Labute approximate surface area is 112 Å². The first kappa shape index (κ1) is 14.2. The summed E-state index contributed by atoms with van der Waals surface area (Å²) in [4.78, 5) is 25.0. The largest absolute Gasteiger partial charge is 0.480 e. The van der Waals surface area contributed by atoms with Crippen LogP contribution < -0.4 is 0 Å². The van der Waals surface area contributed by atoms with E-state index >= 15 is 0 Å². The number of likely N-dealkylation sites (N-methyl/N-ethyl adjacent to an activating group) is 1. The van der Waals surface area contributed by atoms with Crippen molar-refractivity contribution in [1.82, 2.24) is 4.90 Å². The van der Waals surface area contributed by atoms with Gasteiger partial charge in [-0.05, 0) is 41.9 Å². The fourth-order valence-corrected chi connectivity index (χ4v) is 2.93. The minimum Gasteiger partial charge on any atom is -0.480 e. The second-order valence-corrected chi connectivity index (χ2v) is 6.10. The van der Waals surface area contributed by atoms with Crippen molar-refractivity contribution >= 4 is 39.1 Å². The minimum absolute atomic E-state index is 0.149. The summed E-state index contributed by atoms with van der Waals surface area (Å²) in [5.74, 6) is -1.44. The summed E-state index contributed by atoms with van der Waals surface area (Å²) in [6.45, 7) is 3.73. The van der Waals surface area contributed by atoms with E-state index in [0.717, 1.165) is 8.66 Å². The molecule has 1 rings (SSSR count). The molecule has 0 radical (unpaired) electrons. The lowest BCUT2D eigenvalue weighted by molar-refractivity contribution is -0.144. The average molecular weight is 320 g/mol. The number of nitrogens with zero attached hydrogens (tertiary/aromatic N) is 1. The molecule has 0 saturated heterocycles. The Morgan fingerprint density at radius 2 is 2.18 bits per heavy atom. The predicted molar refractivity (Wildman–Crippen MR) is 70.3 cm³/mol. The lowest BCUT2D eigenvalue weighted by Gasteiger charge is -2.22. The Morgan fingerprint density at radius 3 is 2.59 bits per heavy atom. The van der Waals surface area contributed by atoms with Crippen molar-refractivity contribution in [2.24, 2.45) is 0 Å². The van der Waals surface area contributed by atoms with Gasteiger partial charge in [0.25, 0.3) is 0 Å². The highest BCUT2D eigenvalue weighted by Crippen LogP contribution is 2.29. The highest BCUT2D eigenvalue weighted by molar-refractivity contribution is 9.11. The van der Waals surface area contributed by atoms with Crippen molar-refractivity contribution in [3.8, 4) is 0 Å². The predicted octanol–water partition coefficient (Wildman–Crippen LogP) is 2.55. The number of carboxylic acid groups (broad SMARTS) is 1. The molecule has 0 aliphatic heterocycles. The second kappa shape index (κ2) is 6.16. The summed E-state index contributed by atoms with van der Waals surface area (Å²) >= 11 is 4.84. The normalized spacial score (nSPS) is 12.2. The van der Waals surface area contributed by atoms with Crippen LogP contribution in [0.5, 0.6) is 0 Å². The first-order chi connectivity index (χ1) is 7.95. The Balaban J connectivity index is 2.77. The van der Waals surface area contributed by atoms with E-state index in [-0.39, 0.29) is 18.4 Å². The number of carbonyl (C=O) groups excluding carboxylic acids is 1. The number of rotatable bonds is 5. The summed E-state index contributed by atoms with van der Waals surface area (Å²) < 4.78 is 0.966. The summed E-state index contributed by atoms with van der Waals surface area (Å²) in [6.07, 6.45) is 0. The maximum absolute atomic E-state index is 12.1. The molecule has 1 heterocycles. The van der Waals surface area contributed by atoms with E-state index in [1.807, 2.05) is 12.1 Å². The third-order valence-electron chi connectivity index (χ3n) is 2.41. The number of carbonyl (C=O) groups is 2. The third kappa shape index (κ3) is 3.81. The van der Waals surface area contributed by atoms with Gasteiger partial charge in [0.15, 0.2) is 0 Å². The van der Waals surface area contributed by atoms with E-state index < -0.39 is 5.97 Å². The summed E-state index contributed by atoms with van der Waals surface area (Å²) in [5.41, 5.74) is 0. The molecule has 0 spiro atoms. The molecule has 1 N–H and O–H groups in total. The number of hydrogen-bond acceptors (Lipinski definition) is 3. The summed E-state index contributed by atoms with van der Waals surface area (Å²) in [5, 5.41) is 8.72. The highest BCUT2D eigenvalue weighted by atomic mass is 79.9. The number of hydrogen-bond donors (Lipinski definition) is 1. The Bertz CT molecular complexity index is 419. The standard InChI is InChI=1S/C11H14BrNO3S/c1-3-13(6-10(14)15)11(16)7(2)8-4-5-9(12)17-8/h4-5,7H,3,6H2,1-2H3,(H,14,15). The molecule has 0 saturated carbocycles. The molecular weight excluding hydrogens is 306 g/mol. The molecule has 0 bridgehead atoms. The third-order valence-corrected chi connectivity index (χ3v) is 4.22. The van der Waals surface area contributed by atoms with Crippen LogP contribution in [0.4, 0.5) is 0 Å². The molecule has 1 aromatic heterocycles. The minimum atomic E-state index is -0.986. The van der Waals surface area contributed by atoms with Crippen molar-refractivity contribution in [1.29, 1.82) is 0 Å². The van der Waals surface area contributed by atoms with Crippen LogP contribution in [0, 0.1) is 0 Å². The van der Waals surface area contributed by atoms with E-state index in [1.165, 1.54) is 16.2 Å². The van der Waals surface area contributed by atoms with Gasteiger partial charge in [0.1, 0.15) is 6.54 Å². The number of halogens is 1. The molecule has 1 amide bonds. The monoisotopic (exact) mass is 319 g/mol. The summed E-state index contributed by atoms with van der Waals surface area (Å²) in [7, 11) is 0. The van der Waals surface area contributed by atoms with Crippen LogP contribution in [0.3, 0.4) is 0 Å². The molecule has 0 aromatic carbocycles. The van der Waals surface area contributed by atoms with E-state index in [0.29, 0.717) is 6.54 Å². The molecule has 0 aliphatic carbocycles. The number of amides is 1. The second-order valence-electron chi connectivity index (χ2n) is 3.61. The molecule has 1 aromatic rings. The summed E-state index contributed by atoms with van der Waals surface area (Å²) in [6, 6.07) is 3.77. The maximum Gasteiger partial charge on any atom is 0.323 e. The van der Waals surface area contributed by atoms with Crippen molar-refractivity contribution < 1.29 is 14.7 Å². The van der Waals surface area contributed by atoms with Crippen molar-refractivity contribution in [3.05, 3.63) is 20.8 Å². The zero-order valence-corrected chi connectivity index (χ0v) is 12.0. The number of thiophene rings is 1. The van der Waals surface area contributed by atoms with Crippen LogP contribution in [0.1, 0.15) is 24.6 Å². The van der Waals surface area contributed by atoms with Crippen LogP contribution in [0.25, 0.3) is 0 Å². The molecule has 17 heavy (non-hydrogen) atoms. The molecule has 1 unspecified atom stereocenters. The molecule has 1 atom stereocenters. The van der Waals surface area contributed by atoms with Crippen LogP contribution in [-0.4, -0.2) is 35.0 Å². The van der Waals surface area contributed by atoms with E-state index in [4.69, 9.17) is 5.11 Å². The van der Waals surface area contributed by atoms with Gasteiger partial charge >= 0.3 is 5.97 Å². The maximum atomic E-state index is 12.1. The molecule has 4 nitrogen and oxygen atoms in total. The molecule has 94 valence electrons. The van der Waals surface area contributed by atoms with Gasteiger partial charge in [-0.25, -0.2) is 0 Å². The van der Waals surface area contributed by atoms with Gasteiger partial charge in [-0.15, -0.1) is 11.3 Å². The van der Waals surface area contributed by atoms with Crippen molar-refractivity contribution in [2.45, 2.75) is 19.8 Å². The lowest BCUT2D eigenvalue weighted by atomic mass is 10.1. The van der Waals surface area contributed by atoms with Crippen LogP contribution in [-0.2, 0) is 9.59 Å². The number of carboxylic acids is 1. The number of aliphatic carboxylic acids is 1. The van der Waals surface area contributed by atoms with Gasteiger partial charge in [0.05, 0.1) is 9.70 Å².